The van der Waals surface area contributed by atoms with Crippen LogP contribution >= 0.6 is 0 Å². The van der Waals surface area contributed by atoms with E-state index >= 15 is 0 Å². The first-order chi connectivity index (χ1) is 14.5. The van der Waals surface area contributed by atoms with Crippen molar-refractivity contribution in [3.63, 3.8) is 0 Å². The number of esters is 1. The minimum absolute atomic E-state index is 0.0511. The molecule has 0 amide bonds. The Bertz CT molecular complexity index is 773. The maximum atomic E-state index is 12.6. The van der Waals surface area contributed by atoms with Crippen molar-refractivity contribution in [2.45, 2.75) is 31.8 Å². The Morgan fingerprint density at radius 3 is 2.63 bits per heavy atom. The molecule has 3 rings (SSSR count). The number of ether oxygens (including phenoxy) is 4. The van der Waals surface area contributed by atoms with Gasteiger partial charge in [0.15, 0.2) is 23.6 Å². The summed E-state index contributed by atoms with van der Waals surface area (Å²) < 4.78 is 21.1. The highest BCUT2D eigenvalue weighted by molar-refractivity contribution is 6.21. The molecule has 0 spiro atoms. The molecule has 0 radical (unpaired) electrons. The minimum atomic E-state index is -1.31. The largest absolute Gasteiger partial charge is 0.497 e. The smallest absolute Gasteiger partial charge is 0.325 e. The van der Waals surface area contributed by atoms with Crippen LogP contribution in [-0.2, 0) is 30.3 Å². The van der Waals surface area contributed by atoms with Gasteiger partial charge in [-0.1, -0.05) is 0 Å². The van der Waals surface area contributed by atoms with Gasteiger partial charge in [-0.05, 0) is 49.6 Å². The summed E-state index contributed by atoms with van der Waals surface area (Å²) in [7, 11) is 3.11. The quantitative estimate of drug-likeness (QED) is 0.416. The van der Waals surface area contributed by atoms with Crippen molar-refractivity contribution in [2.24, 2.45) is 5.92 Å². The fourth-order valence-corrected chi connectivity index (χ4v) is 3.86. The number of morpholine rings is 1. The molecule has 30 heavy (non-hydrogen) atoms. The maximum absolute atomic E-state index is 12.6. The van der Waals surface area contributed by atoms with Gasteiger partial charge in [0.25, 0.3) is 0 Å². The molecule has 8 heteroatoms. The van der Waals surface area contributed by atoms with Crippen LogP contribution in [0.5, 0.6) is 11.5 Å². The Morgan fingerprint density at radius 2 is 1.93 bits per heavy atom. The van der Waals surface area contributed by atoms with Gasteiger partial charge in [-0.3, -0.25) is 19.3 Å². The van der Waals surface area contributed by atoms with E-state index in [4.69, 9.17) is 18.9 Å². The van der Waals surface area contributed by atoms with Crippen LogP contribution in [-0.4, -0.2) is 75.6 Å². The molecule has 2 saturated heterocycles. The normalized spacial score (nSPS) is 22.1. The summed E-state index contributed by atoms with van der Waals surface area (Å²) in [4.78, 5) is 39.7. The minimum Gasteiger partial charge on any atom is -0.497 e. The van der Waals surface area contributed by atoms with Crippen LogP contribution in [0.15, 0.2) is 18.2 Å². The summed E-state index contributed by atoms with van der Waals surface area (Å²) in [5.74, 6) is -1.58. The van der Waals surface area contributed by atoms with E-state index in [2.05, 4.69) is 4.90 Å². The van der Waals surface area contributed by atoms with E-state index in [0.717, 1.165) is 31.6 Å². The molecule has 2 aliphatic heterocycles. The predicted molar refractivity (Wildman–Crippen MR) is 108 cm³/mol. The van der Waals surface area contributed by atoms with Crippen molar-refractivity contribution in [3.8, 4) is 11.5 Å². The van der Waals surface area contributed by atoms with Gasteiger partial charge in [-0.2, -0.15) is 0 Å². The van der Waals surface area contributed by atoms with Crippen molar-refractivity contribution in [2.75, 3.05) is 47.1 Å². The van der Waals surface area contributed by atoms with Crippen molar-refractivity contribution < 1.29 is 33.3 Å². The average Bonchev–Trinajstić information content (AvgIpc) is 3.05. The molecule has 0 bridgehead atoms. The molecule has 0 aliphatic carbocycles. The lowest BCUT2D eigenvalue weighted by Gasteiger charge is -2.26. The number of Topliss-reactive ketones (excluding diaryl/α,β-unsaturated/α-hetero) is 2. The number of benzene rings is 1. The maximum Gasteiger partial charge on any atom is 0.325 e. The van der Waals surface area contributed by atoms with Gasteiger partial charge in [0.05, 0.1) is 27.4 Å². The van der Waals surface area contributed by atoms with E-state index in [1.807, 2.05) is 0 Å². The number of ketones is 2. The highest BCUT2D eigenvalue weighted by Gasteiger charge is 2.46. The van der Waals surface area contributed by atoms with Crippen molar-refractivity contribution in [1.82, 2.24) is 4.90 Å². The number of cyclic esters (lactones) is 1. The van der Waals surface area contributed by atoms with Gasteiger partial charge in [0.1, 0.15) is 11.5 Å². The first-order valence-electron chi connectivity index (χ1n) is 10.3. The molecule has 0 saturated carbocycles. The van der Waals surface area contributed by atoms with Gasteiger partial charge in [-0.25, -0.2) is 0 Å². The standard InChI is InChI=1S/C22H29NO7/c1-27-16-6-8-18(28-2)15(14-16)5-7-17(24)20-21(25)19(30-22(20)26)4-3-9-23-10-12-29-13-11-23/h6,8,14,19-20H,3-5,7,9-13H2,1-2H3. The van der Waals surface area contributed by atoms with Gasteiger partial charge in [-0.15, -0.1) is 0 Å². The number of carbonyl (C=O) groups excluding carboxylic acids is 3. The lowest BCUT2D eigenvalue weighted by Crippen LogP contribution is -2.37. The molecule has 164 valence electrons. The van der Waals surface area contributed by atoms with Crippen LogP contribution in [0.4, 0.5) is 0 Å². The van der Waals surface area contributed by atoms with Crippen LogP contribution in [0.1, 0.15) is 24.8 Å². The van der Waals surface area contributed by atoms with E-state index in [9.17, 15) is 14.4 Å². The first-order valence-corrected chi connectivity index (χ1v) is 10.3. The number of nitrogens with zero attached hydrogens (tertiary/aromatic N) is 1. The number of hydrogen-bond acceptors (Lipinski definition) is 8. The second-order valence-electron chi connectivity index (χ2n) is 7.50. The Kier molecular flexibility index (Phi) is 7.81. The molecule has 2 atom stereocenters. The third-order valence-electron chi connectivity index (χ3n) is 5.59. The number of methoxy groups -OCH3 is 2. The van der Waals surface area contributed by atoms with E-state index < -0.39 is 29.6 Å². The van der Waals surface area contributed by atoms with Crippen LogP contribution in [0.3, 0.4) is 0 Å². The summed E-state index contributed by atoms with van der Waals surface area (Å²) in [6.45, 7) is 3.98. The van der Waals surface area contributed by atoms with Crippen molar-refractivity contribution in [1.29, 1.82) is 0 Å². The molecule has 2 aliphatic rings. The molecule has 2 heterocycles. The average molecular weight is 419 g/mol. The van der Waals surface area contributed by atoms with E-state index in [1.165, 1.54) is 0 Å². The summed E-state index contributed by atoms with van der Waals surface area (Å²) in [5.41, 5.74) is 0.783. The second kappa shape index (κ2) is 10.5. The zero-order valence-electron chi connectivity index (χ0n) is 17.6. The van der Waals surface area contributed by atoms with E-state index in [0.29, 0.717) is 37.6 Å². The van der Waals surface area contributed by atoms with Crippen molar-refractivity contribution in [3.05, 3.63) is 23.8 Å². The Morgan fingerprint density at radius 1 is 1.17 bits per heavy atom. The summed E-state index contributed by atoms with van der Waals surface area (Å²) in [6.07, 6.45) is 0.743. The molecule has 8 nitrogen and oxygen atoms in total. The van der Waals surface area contributed by atoms with Crippen LogP contribution in [0.2, 0.25) is 0 Å². The molecule has 0 N–H and O–H groups in total. The zero-order chi connectivity index (χ0) is 21.5. The fraction of sp³-hybridized carbons (Fsp3) is 0.591. The van der Waals surface area contributed by atoms with Gasteiger partial charge in [0.2, 0.25) is 0 Å². The highest BCUT2D eigenvalue weighted by atomic mass is 16.6. The zero-order valence-corrected chi connectivity index (χ0v) is 17.6. The number of rotatable bonds is 10. The first kappa shape index (κ1) is 22.2. The third kappa shape index (κ3) is 5.37. The Hall–Kier alpha value is -2.45. The van der Waals surface area contributed by atoms with E-state index in [1.54, 1.807) is 32.4 Å². The molecular weight excluding hydrogens is 390 g/mol. The summed E-state index contributed by atoms with van der Waals surface area (Å²) in [5, 5.41) is 0. The van der Waals surface area contributed by atoms with Gasteiger partial charge in [0, 0.05) is 19.5 Å². The molecule has 2 fully saturated rings. The van der Waals surface area contributed by atoms with Crippen LogP contribution < -0.4 is 9.47 Å². The SMILES string of the molecule is COc1ccc(OC)c(CCC(=O)C2C(=O)OC(CCCN3CCOCC3)C2=O)c1. The molecule has 1 aromatic carbocycles. The molecule has 1 aromatic rings. The fourth-order valence-electron chi connectivity index (χ4n) is 3.86. The highest BCUT2D eigenvalue weighted by Crippen LogP contribution is 2.27. The Balaban J connectivity index is 1.52. The van der Waals surface area contributed by atoms with Gasteiger partial charge < -0.3 is 18.9 Å². The van der Waals surface area contributed by atoms with Crippen molar-refractivity contribution >= 4 is 17.5 Å². The monoisotopic (exact) mass is 419 g/mol. The van der Waals surface area contributed by atoms with Crippen LogP contribution in [0.25, 0.3) is 0 Å². The predicted octanol–water partition coefficient (Wildman–Crippen LogP) is 1.43. The molecule has 2 unspecified atom stereocenters. The topological polar surface area (TPSA) is 91.4 Å². The lowest BCUT2D eigenvalue weighted by atomic mass is 9.92. The molecule has 0 aromatic heterocycles. The Labute approximate surface area is 176 Å². The molecular formula is C22H29NO7. The number of hydrogen-bond donors (Lipinski definition) is 0. The lowest BCUT2D eigenvalue weighted by molar-refractivity contribution is -0.147. The van der Waals surface area contributed by atoms with E-state index in [-0.39, 0.29) is 6.42 Å². The number of carbonyl (C=O) groups is 3. The summed E-state index contributed by atoms with van der Waals surface area (Å²) >= 11 is 0. The third-order valence-corrected chi connectivity index (χ3v) is 5.59. The summed E-state index contributed by atoms with van der Waals surface area (Å²) in [6, 6.07) is 5.32. The van der Waals surface area contributed by atoms with Gasteiger partial charge >= 0.3 is 5.97 Å². The second-order valence-corrected chi connectivity index (χ2v) is 7.50. The van der Waals surface area contributed by atoms with Crippen LogP contribution in [0, 0.1) is 5.92 Å². The number of aryl methyl sites for hydroxylation is 1.